The molecule has 130 valence electrons. The smallest absolute Gasteiger partial charge is 0.311 e. The summed E-state index contributed by atoms with van der Waals surface area (Å²) in [4.78, 5) is 32.2. The van der Waals surface area contributed by atoms with Crippen LogP contribution in [-0.2, 0) is 22.5 Å². The van der Waals surface area contributed by atoms with Crippen LogP contribution < -0.4 is 10.9 Å². The van der Waals surface area contributed by atoms with Crippen molar-refractivity contribution in [3.63, 3.8) is 0 Å². The van der Waals surface area contributed by atoms with Gasteiger partial charge in [0.2, 0.25) is 5.95 Å². The Morgan fingerprint density at radius 1 is 1.32 bits per heavy atom. The predicted octanol–water partition coefficient (Wildman–Crippen LogP) is 1.44. The van der Waals surface area contributed by atoms with E-state index in [1.165, 1.54) is 10.6 Å². The number of nitrogens with one attached hydrogen (secondary N) is 2. The minimum atomic E-state index is -0.424. The first-order chi connectivity index (χ1) is 12.1. The number of carbonyl (C=O) groups excluding carboxylic acids is 1. The van der Waals surface area contributed by atoms with Gasteiger partial charge in [0.05, 0.1) is 18.7 Å². The summed E-state index contributed by atoms with van der Waals surface area (Å²) in [5.74, 6) is 0.215. The van der Waals surface area contributed by atoms with Crippen molar-refractivity contribution in [1.82, 2.24) is 19.6 Å². The molecule has 2 aromatic heterocycles. The Balaban J connectivity index is 1.80. The van der Waals surface area contributed by atoms with Gasteiger partial charge in [-0.1, -0.05) is 24.3 Å². The fourth-order valence-corrected chi connectivity index (χ4v) is 2.44. The Kier molecular flexibility index (Phi) is 4.78. The molecule has 0 aliphatic carbocycles. The van der Waals surface area contributed by atoms with Gasteiger partial charge in [-0.15, -0.1) is 0 Å². The van der Waals surface area contributed by atoms with Crippen LogP contribution in [0.2, 0.25) is 0 Å². The van der Waals surface area contributed by atoms with E-state index in [-0.39, 0.29) is 24.4 Å². The van der Waals surface area contributed by atoms with Gasteiger partial charge < -0.3 is 10.1 Å². The fraction of sp³-hybridized carbons (Fsp3) is 0.294. The van der Waals surface area contributed by atoms with Crippen molar-refractivity contribution >= 4 is 17.7 Å². The van der Waals surface area contributed by atoms with Crippen molar-refractivity contribution < 1.29 is 9.53 Å². The van der Waals surface area contributed by atoms with Gasteiger partial charge in [-0.3, -0.25) is 14.7 Å². The minimum Gasteiger partial charge on any atom is -0.466 e. The number of aromatic nitrogens is 4. The number of aromatic amines is 1. The van der Waals surface area contributed by atoms with Gasteiger partial charge in [-0.05, 0) is 25.0 Å². The Morgan fingerprint density at radius 2 is 2.12 bits per heavy atom. The number of nitrogens with zero attached hydrogens (tertiary/aromatic N) is 3. The zero-order valence-corrected chi connectivity index (χ0v) is 14.1. The Bertz CT molecular complexity index is 960. The lowest BCUT2D eigenvalue weighted by atomic mass is 10.1. The second-order valence-electron chi connectivity index (χ2n) is 5.56. The van der Waals surface area contributed by atoms with E-state index < -0.39 is 5.97 Å². The molecule has 0 aliphatic rings. The molecular weight excluding hydrogens is 322 g/mol. The first kappa shape index (κ1) is 16.7. The van der Waals surface area contributed by atoms with Crippen molar-refractivity contribution in [2.45, 2.75) is 26.8 Å². The third-order valence-electron chi connectivity index (χ3n) is 3.72. The van der Waals surface area contributed by atoms with Crippen molar-refractivity contribution in [3.8, 4) is 0 Å². The highest BCUT2D eigenvalue weighted by atomic mass is 16.5. The molecule has 3 rings (SSSR count). The highest BCUT2D eigenvalue weighted by Gasteiger charge is 2.11. The number of carbonyl (C=O) groups is 1. The van der Waals surface area contributed by atoms with E-state index >= 15 is 0 Å². The highest BCUT2D eigenvalue weighted by Crippen LogP contribution is 2.09. The van der Waals surface area contributed by atoms with Gasteiger partial charge in [0.15, 0.2) is 0 Å². The van der Waals surface area contributed by atoms with E-state index in [9.17, 15) is 9.59 Å². The lowest BCUT2D eigenvalue weighted by molar-refractivity contribution is -0.142. The molecule has 8 heteroatoms. The quantitative estimate of drug-likeness (QED) is 0.658. The second-order valence-corrected chi connectivity index (χ2v) is 5.56. The number of hydrogen-bond acceptors (Lipinski definition) is 6. The van der Waals surface area contributed by atoms with E-state index in [0.29, 0.717) is 18.2 Å². The highest BCUT2D eigenvalue weighted by molar-refractivity contribution is 5.72. The summed E-state index contributed by atoms with van der Waals surface area (Å²) in [6, 6.07) is 9.30. The molecule has 0 saturated carbocycles. The number of ether oxygens (including phenoxy) is 1. The molecule has 3 aromatic rings. The van der Waals surface area contributed by atoms with Gasteiger partial charge in [0.25, 0.3) is 11.3 Å². The van der Waals surface area contributed by atoms with E-state index in [0.717, 1.165) is 11.1 Å². The first-order valence-electron chi connectivity index (χ1n) is 7.99. The zero-order chi connectivity index (χ0) is 17.8. The number of esters is 1. The van der Waals surface area contributed by atoms with Gasteiger partial charge in [-0.2, -0.15) is 9.50 Å². The summed E-state index contributed by atoms with van der Waals surface area (Å²) in [6.45, 7) is 4.61. The van der Waals surface area contributed by atoms with Crippen molar-refractivity contribution in [3.05, 3.63) is 57.5 Å². The van der Waals surface area contributed by atoms with Crippen molar-refractivity contribution in [2.24, 2.45) is 0 Å². The van der Waals surface area contributed by atoms with E-state index in [1.807, 2.05) is 31.2 Å². The number of hydrogen-bond donors (Lipinski definition) is 2. The van der Waals surface area contributed by atoms with Crippen LogP contribution >= 0.6 is 0 Å². The number of benzene rings is 1. The van der Waals surface area contributed by atoms with Crippen molar-refractivity contribution in [1.29, 1.82) is 0 Å². The molecule has 0 spiro atoms. The molecule has 0 fully saturated rings. The SMILES string of the molecule is CCOC(=O)Cc1cc(=O)n2[nH]c(NCc3ccccc3C)nc2n1. The molecule has 0 unspecified atom stereocenters. The van der Waals surface area contributed by atoms with Crippen LogP contribution in [-0.4, -0.2) is 32.2 Å². The van der Waals surface area contributed by atoms with Gasteiger partial charge in [0, 0.05) is 12.6 Å². The summed E-state index contributed by atoms with van der Waals surface area (Å²) in [7, 11) is 0. The lowest BCUT2D eigenvalue weighted by Gasteiger charge is -2.05. The molecule has 0 aliphatic heterocycles. The van der Waals surface area contributed by atoms with Crippen LogP contribution in [0.25, 0.3) is 5.78 Å². The molecule has 25 heavy (non-hydrogen) atoms. The number of aryl methyl sites for hydroxylation is 1. The molecule has 2 heterocycles. The zero-order valence-electron chi connectivity index (χ0n) is 14.1. The van der Waals surface area contributed by atoms with Crippen LogP contribution in [0.1, 0.15) is 23.7 Å². The Morgan fingerprint density at radius 3 is 2.88 bits per heavy atom. The molecule has 8 nitrogen and oxygen atoms in total. The minimum absolute atomic E-state index is 0.0571. The Labute approximate surface area is 143 Å². The summed E-state index contributed by atoms with van der Waals surface area (Å²) in [5, 5.41) is 6.00. The molecule has 2 N–H and O–H groups in total. The van der Waals surface area contributed by atoms with E-state index in [1.54, 1.807) is 6.92 Å². The van der Waals surface area contributed by atoms with Crippen LogP contribution in [0.4, 0.5) is 5.95 Å². The normalized spacial score (nSPS) is 10.8. The number of H-pyrrole nitrogens is 1. The molecule has 0 amide bonds. The molecule has 0 atom stereocenters. The Hall–Kier alpha value is -3.16. The van der Waals surface area contributed by atoms with E-state index in [4.69, 9.17) is 4.74 Å². The third-order valence-corrected chi connectivity index (χ3v) is 3.72. The molecule has 0 saturated heterocycles. The number of anilines is 1. The van der Waals surface area contributed by atoms with Gasteiger partial charge in [0.1, 0.15) is 0 Å². The monoisotopic (exact) mass is 341 g/mol. The average Bonchev–Trinajstić information content (AvgIpc) is 2.98. The number of fused-ring (bicyclic) bond motifs is 1. The average molecular weight is 341 g/mol. The van der Waals surface area contributed by atoms with Crippen LogP contribution in [0.3, 0.4) is 0 Å². The van der Waals surface area contributed by atoms with Crippen LogP contribution in [0.15, 0.2) is 35.1 Å². The fourth-order valence-electron chi connectivity index (χ4n) is 2.44. The topological polar surface area (TPSA) is 101 Å². The van der Waals surface area contributed by atoms with E-state index in [2.05, 4.69) is 20.4 Å². The standard InChI is InChI=1S/C17H19N5O3/c1-3-25-15(24)9-13-8-14(23)22-17(19-13)20-16(21-22)18-10-12-7-5-4-6-11(12)2/h4-8H,3,9-10H2,1-2H3,(H2,18,19,20,21). The number of rotatable bonds is 6. The van der Waals surface area contributed by atoms with Gasteiger partial charge >= 0.3 is 5.97 Å². The molecule has 1 aromatic carbocycles. The maximum atomic E-state index is 12.2. The molecular formula is C17H19N5O3. The summed E-state index contributed by atoms with van der Waals surface area (Å²) in [5.41, 5.74) is 2.30. The van der Waals surface area contributed by atoms with Crippen molar-refractivity contribution in [2.75, 3.05) is 11.9 Å². The first-order valence-corrected chi connectivity index (χ1v) is 7.99. The predicted molar refractivity (Wildman–Crippen MR) is 92.5 cm³/mol. The molecule has 0 radical (unpaired) electrons. The summed E-state index contributed by atoms with van der Waals surface area (Å²) in [6.07, 6.45) is -0.0571. The summed E-state index contributed by atoms with van der Waals surface area (Å²) < 4.78 is 6.10. The van der Waals surface area contributed by atoms with Gasteiger partial charge in [-0.25, -0.2) is 4.98 Å². The summed E-state index contributed by atoms with van der Waals surface area (Å²) >= 11 is 0. The lowest BCUT2D eigenvalue weighted by Crippen LogP contribution is -2.18. The maximum Gasteiger partial charge on any atom is 0.311 e. The van der Waals surface area contributed by atoms with Crippen LogP contribution in [0, 0.1) is 6.92 Å². The maximum absolute atomic E-state index is 12.2. The largest absolute Gasteiger partial charge is 0.466 e. The third kappa shape index (κ3) is 3.85. The second kappa shape index (κ2) is 7.16. The molecule has 0 bridgehead atoms. The van der Waals surface area contributed by atoms with Crippen LogP contribution in [0.5, 0.6) is 0 Å².